The molecule has 4 heteroatoms. The van der Waals surface area contributed by atoms with Crippen LogP contribution in [0.2, 0.25) is 0 Å². The van der Waals surface area contributed by atoms with E-state index in [-0.39, 0.29) is 16.8 Å². The molecular formula is C124H262O4. The normalized spacial score (nSPS) is 13.0. The molecule has 0 aliphatic heterocycles. The van der Waals surface area contributed by atoms with Crippen LogP contribution in [0.3, 0.4) is 0 Å². The second-order valence-corrected chi connectivity index (χ2v) is 57.3. The summed E-state index contributed by atoms with van der Waals surface area (Å²) in [5.41, 5.74) is 5.70. The second kappa shape index (κ2) is 82.7. The highest BCUT2D eigenvalue weighted by molar-refractivity contribution is 4.71. The maximum Gasteiger partial charge on any atom is 0.0598 e. The van der Waals surface area contributed by atoms with Crippen LogP contribution >= 0.6 is 0 Å². The Morgan fingerprint density at radius 1 is 0.102 bits per heavy atom. The third kappa shape index (κ3) is 172. The summed E-state index contributed by atoms with van der Waals surface area (Å²) in [5.74, 6) is 0. The average molecular weight is 1820 g/mol. The van der Waals surface area contributed by atoms with Crippen LogP contribution < -0.4 is 0 Å². The predicted molar refractivity (Wildman–Crippen MR) is 593 cm³/mol. The minimum absolute atomic E-state index is 0.0344. The fourth-order valence-electron chi connectivity index (χ4n) is 15.5. The van der Waals surface area contributed by atoms with Crippen molar-refractivity contribution in [3.8, 4) is 0 Å². The van der Waals surface area contributed by atoms with E-state index in [0.717, 1.165) is 33.0 Å². The molecule has 128 heavy (non-hydrogen) atoms. The largest absolute Gasteiger partial charge is 0.381 e. The molecule has 0 aliphatic rings. The molecule has 0 aromatic carbocycles. The monoisotopic (exact) mass is 1820 g/mol. The number of hydrogen-bond acceptors (Lipinski definition) is 4. The van der Waals surface area contributed by atoms with Gasteiger partial charge in [-0.2, -0.15) is 0 Å². The van der Waals surface area contributed by atoms with Gasteiger partial charge in [0.25, 0.3) is 0 Å². The van der Waals surface area contributed by atoms with Gasteiger partial charge in [-0.05, 0) is 212 Å². The van der Waals surface area contributed by atoms with Crippen molar-refractivity contribution in [3.63, 3.8) is 0 Å². The van der Waals surface area contributed by atoms with Crippen molar-refractivity contribution < 1.29 is 18.9 Å². The second-order valence-electron chi connectivity index (χ2n) is 57.3. The molecule has 0 N–H and O–H groups in total. The molecule has 0 aliphatic carbocycles. The molecule has 0 saturated heterocycles. The fourth-order valence-corrected chi connectivity index (χ4v) is 15.5. The maximum atomic E-state index is 5.73. The van der Waals surface area contributed by atoms with Crippen molar-refractivity contribution in [1.29, 1.82) is 0 Å². The first-order chi connectivity index (χ1) is 58.4. The Labute approximate surface area is 818 Å². The molecule has 0 heterocycles. The summed E-state index contributed by atoms with van der Waals surface area (Å²) in [6.45, 7) is 101. The molecule has 0 atom stereocenters. The summed E-state index contributed by atoms with van der Waals surface area (Å²) in [5, 5.41) is 0. The van der Waals surface area contributed by atoms with E-state index >= 15 is 0 Å². The van der Waals surface area contributed by atoms with E-state index in [1.807, 2.05) is 0 Å². The van der Waals surface area contributed by atoms with E-state index in [4.69, 9.17) is 18.9 Å². The summed E-state index contributed by atoms with van der Waals surface area (Å²) in [6, 6.07) is 0. The molecule has 0 fully saturated rings. The Bertz CT molecular complexity index is 1880. The van der Waals surface area contributed by atoms with Crippen LogP contribution in [-0.4, -0.2) is 49.8 Å². The third-order valence-corrected chi connectivity index (χ3v) is 23.6. The zero-order valence-corrected chi connectivity index (χ0v) is 98.7. The predicted octanol–water partition coefficient (Wildman–Crippen LogP) is 45.5. The van der Waals surface area contributed by atoms with Gasteiger partial charge in [0.1, 0.15) is 0 Å². The van der Waals surface area contributed by atoms with Crippen molar-refractivity contribution in [2.24, 2.45) is 59.6 Å². The molecule has 4 nitrogen and oxygen atoms in total. The number of rotatable bonds is 65. The lowest BCUT2D eigenvalue weighted by atomic mass is 9.88. The van der Waals surface area contributed by atoms with Gasteiger partial charge in [-0.25, -0.2) is 0 Å². The van der Waals surface area contributed by atoms with E-state index in [1.165, 1.54) is 405 Å². The first kappa shape index (κ1) is 141. The highest BCUT2D eigenvalue weighted by atomic mass is 16.5. The zero-order valence-electron chi connectivity index (χ0n) is 98.7. The van der Waals surface area contributed by atoms with Gasteiger partial charge in [0, 0.05) is 26.4 Å². The topological polar surface area (TPSA) is 36.9 Å². The van der Waals surface area contributed by atoms with Gasteiger partial charge in [-0.1, -0.05) is 543 Å². The van der Waals surface area contributed by atoms with Gasteiger partial charge in [0.15, 0.2) is 0 Å². The minimum Gasteiger partial charge on any atom is -0.381 e. The lowest BCUT2D eigenvalue weighted by Crippen LogP contribution is -2.19. The van der Waals surface area contributed by atoms with Crippen molar-refractivity contribution in [1.82, 2.24) is 0 Å². The highest BCUT2D eigenvalue weighted by Crippen LogP contribution is 2.32. The number of hydrogen-bond donors (Lipinski definition) is 0. The van der Waals surface area contributed by atoms with E-state index < -0.39 is 0 Å². The van der Waals surface area contributed by atoms with E-state index in [1.54, 1.807) is 0 Å². The van der Waals surface area contributed by atoms with Crippen molar-refractivity contribution in [2.75, 3.05) is 33.0 Å². The smallest absolute Gasteiger partial charge is 0.0598 e. The molecule has 782 valence electrons. The van der Waals surface area contributed by atoms with E-state index in [9.17, 15) is 0 Å². The van der Waals surface area contributed by atoms with Crippen molar-refractivity contribution in [2.45, 2.75) is 712 Å². The molecule has 0 saturated carbocycles. The summed E-state index contributed by atoms with van der Waals surface area (Å²) in [4.78, 5) is 0. The molecule has 0 spiro atoms. The molecule has 0 radical (unpaired) electrons. The minimum atomic E-state index is 0.0344. The van der Waals surface area contributed by atoms with Crippen LogP contribution in [0.1, 0.15) is 695 Å². The molecule has 0 bridgehead atoms. The number of unbranched alkanes of at least 4 members (excludes halogenated alkanes) is 46. The molecule has 0 rings (SSSR count). The van der Waals surface area contributed by atoms with E-state index in [0.29, 0.717) is 59.6 Å². The van der Waals surface area contributed by atoms with Crippen molar-refractivity contribution in [3.05, 3.63) is 0 Å². The Morgan fingerprint density at radius 2 is 0.195 bits per heavy atom. The van der Waals surface area contributed by atoms with Crippen LogP contribution in [0, 0.1) is 59.6 Å². The van der Waals surface area contributed by atoms with Crippen LogP contribution in [-0.2, 0) is 18.9 Å². The molecule has 0 unspecified atom stereocenters. The summed E-state index contributed by atoms with van der Waals surface area (Å²) in [7, 11) is 0. The number of ether oxygens (including phenoxy) is 4. The SMILES string of the molecule is CC(C)(C)CCCCCCCCCC(C)(C)C.CC(C)(C)CCCCCCCCCCC(C)(C)C.CC(C)(C)CCCCCCCCCCCC(C)(C)C.CC(C)(C)CCCCCCCCCCCOC(C)(C)C.CC(C)(C)CCCCCCCCCOC(C)(C)C.CC(C)(C)CCCCCCCCCOCC(C)(C)C.CC(C)(C)CCCCCCCCOC(C)(C)C. The first-order valence-electron chi connectivity index (χ1n) is 56.9. The highest BCUT2D eigenvalue weighted by Gasteiger charge is 2.19. The van der Waals surface area contributed by atoms with Gasteiger partial charge >= 0.3 is 0 Å². The van der Waals surface area contributed by atoms with E-state index in [2.05, 4.69) is 291 Å². The van der Waals surface area contributed by atoms with Crippen LogP contribution in [0.25, 0.3) is 0 Å². The summed E-state index contributed by atoms with van der Waals surface area (Å²) in [6.07, 6.45) is 88.2. The van der Waals surface area contributed by atoms with Crippen LogP contribution in [0.4, 0.5) is 0 Å². The van der Waals surface area contributed by atoms with Gasteiger partial charge < -0.3 is 18.9 Å². The lowest BCUT2D eigenvalue weighted by Gasteiger charge is -2.19. The molecular weight excluding hydrogens is 1550 g/mol. The fraction of sp³-hybridized carbons (Fsp3) is 1.00. The van der Waals surface area contributed by atoms with Gasteiger partial charge in [0.2, 0.25) is 0 Å². The quantitative estimate of drug-likeness (QED) is 0.0569. The lowest BCUT2D eigenvalue weighted by molar-refractivity contribution is -0.00511. The van der Waals surface area contributed by atoms with Gasteiger partial charge in [-0.15, -0.1) is 0 Å². The summed E-state index contributed by atoms with van der Waals surface area (Å²) < 4.78 is 22.8. The van der Waals surface area contributed by atoms with Crippen LogP contribution in [0.5, 0.6) is 0 Å². The molecule has 0 aromatic heterocycles. The standard InChI is InChI=1S/C19H40O.C19H40.C18H38O.C18H38.C17H36O.C17H36.C16H34O/c1-18(2,3)16-14-12-10-8-7-9-11-13-15-17-20-19(4,5)6;1-18(2,3)16-14-12-10-8-7-9-11-13-15-17-19(4,5)6;1-17(2,3)14-12-10-8-7-9-11-13-15-19-16-18(4,5)6;1-17(2,3)15-13-11-9-7-8-10-12-14-16-18(4,5)6;1-16(2,3)14-12-10-8-7-9-11-13-15-18-17(4,5)6;1-16(2,3)14-12-10-8-7-9-11-13-15-17(4,5)6;1-15(2,3)13-11-9-7-8-10-12-14-17-16(4,5)6/h7-17H2,1-6H3;7-17H2,1-6H3;7-16H2,1-6H3;7-16H2,1-6H3;7-15H2,1-6H3;7-15H2,1-6H3;7-14H2,1-6H3. The molecule has 0 amide bonds. The zero-order chi connectivity index (χ0) is 99.9. The molecule has 0 aromatic rings. The Kier molecular flexibility index (Phi) is 91.0. The Balaban J connectivity index is -0.000000267. The van der Waals surface area contributed by atoms with Crippen LogP contribution in [0.15, 0.2) is 0 Å². The van der Waals surface area contributed by atoms with Gasteiger partial charge in [-0.3, -0.25) is 0 Å². The Morgan fingerprint density at radius 3 is 0.289 bits per heavy atom. The average Bonchev–Trinajstić information content (AvgIpc) is 0.973. The first-order valence-corrected chi connectivity index (χ1v) is 56.9. The summed E-state index contributed by atoms with van der Waals surface area (Å²) >= 11 is 0. The van der Waals surface area contributed by atoms with Gasteiger partial charge in [0.05, 0.1) is 23.4 Å². The maximum absolute atomic E-state index is 5.73. The van der Waals surface area contributed by atoms with Crippen molar-refractivity contribution >= 4 is 0 Å². The Hall–Kier alpha value is -0.160. The third-order valence-electron chi connectivity index (χ3n) is 23.6.